The van der Waals surface area contributed by atoms with Gasteiger partial charge in [0.2, 0.25) is 15.9 Å². The standard InChI is InChI=1S/C22H20Cl2N2O3S/c1-16-7-10-18(11-8-16)25-22(27)15-26(14-17-9-12-20(23)21(24)13-17)30(28,29)19-5-3-2-4-6-19/h2-13H,14-15H2,1H3,(H,25,27). The SMILES string of the molecule is Cc1ccc(NC(=O)CN(Cc2ccc(Cl)c(Cl)c2)S(=O)(=O)c2ccccc2)cc1. The van der Waals surface area contributed by atoms with Gasteiger partial charge in [0.25, 0.3) is 0 Å². The van der Waals surface area contributed by atoms with Crippen LogP contribution < -0.4 is 5.32 Å². The van der Waals surface area contributed by atoms with E-state index in [1.807, 2.05) is 19.1 Å². The third-order valence-corrected chi connectivity index (χ3v) is 6.92. The second-order valence-electron chi connectivity index (χ2n) is 6.75. The summed E-state index contributed by atoms with van der Waals surface area (Å²) in [6, 6.07) is 20.1. The third kappa shape index (κ3) is 5.61. The fourth-order valence-corrected chi connectivity index (χ4v) is 4.53. The van der Waals surface area contributed by atoms with E-state index in [1.54, 1.807) is 48.5 Å². The monoisotopic (exact) mass is 462 g/mol. The molecule has 0 unspecified atom stereocenters. The minimum atomic E-state index is -3.92. The molecule has 0 aliphatic carbocycles. The summed E-state index contributed by atoms with van der Waals surface area (Å²) in [5.41, 5.74) is 2.27. The molecule has 8 heteroatoms. The Morgan fingerprint density at radius 2 is 1.60 bits per heavy atom. The molecule has 0 aromatic heterocycles. The van der Waals surface area contributed by atoms with Crippen molar-refractivity contribution in [2.24, 2.45) is 0 Å². The fraction of sp³-hybridized carbons (Fsp3) is 0.136. The fourth-order valence-electron chi connectivity index (χ4n) is 2.81. The van der Waals surface area contributed by atoms with E-state index in [1.165, 1.54) is 12.1 Å². The largest absolute Gasteiger partial charge is 0.325 e. The van der Waals surface area contributed by atoms with Crippen LogP contribution in [0.3, 0.4) is 0 Å². The summed E-state index contributed by atoms with van der Waals surface area (Å²) >= 11 is 12.0. The van der Waals surface area contributed by atoms with Crippen molar-refractivity contribution in [3.63, 3.8) is 0 Å². The van der Waals surface area contributed by atoms with Crippen LogP contribution in [0.2, 0.25) is 10.0 Å². The zero-order chi connectivity index (χ0) is 21.7. The maximum atomic E-state index is 13.2. The second-order valence-corrected chi connectivity index (χ2v) is 9.50. The quantitative estimate of drug-likeness (QED) is 0.528. The molecule has 0 aliphatic heterocycles. The molecule has 5 nitrogen and oxygen atoms in total. The Bertz CT molecular complexity index is 1130. The average molecular weight is 463 g/mol. The molecule has 0 bridgehead atoms. The Hall–Kier alpha value is -2.38. The van der Waals surface area contributed by atoms with Crippen molar-refractivity contribution in [1.29, 1.82) is 0 Å². The lowest BCUT2D eigenvalue weighted by Gasteiger charge is -2.22. The number of nitrogens with one attached hydrogen (secondary N) is 1. The van der Waals surface area contributed by atoms with Crippen LogP contribution in [-0.2, 0) is 21.4 Å². The number of rotatable bonds is 7. The molecule has 1 amide bonds. The van der Waals surface area contributed by atoms with Crippen molar-refractivity contribution in [2.45, 2.75) is 18.4 Å². The zero-order valence-corrected chi connectivity index (χ0v) is 18.5. The summed E-state index contributed by atoms with van der Waals surface area (Å²) < 4.78 is 27.5. The summed E-state index contributed by atoms with van der Waals surface area (Å²) in [5.74, 6) is -0.446. The van der Waals surface area contributed by atoms with Gasteiger partial charge in [0.1, 0.15) is 0 Å². The first-order valence-corrected chi connectivity index (χ1v) is 11.3. The molecule has 156 valence electrons. The predicted molar refractivity (Wildman–Crippen MR) is 120 cm³/mol. The van der Waals surface area contributed by atoms with Crippen LogP contribution >= 0.6 is 23.2 Å². The number of aryl methyl sites for hydroxylation is 1. The number of amides is 1. The minimum Gasteiger partial charge on any atom is -0.325 e. The molecular formula is C22H20Cl2N2O3S. The summed E-state index contributed by atoms with van der Waals surface area (Å²) in [6.45, 7) is 1.55. The van der Waals surface area contributed by atoms with Crippen LogP contribution in [0.1, 0.15) is 11.1 Å². The van der Waals surface area contributed by atoms with E-state index in [-0.39, 0.29) is 18.0 Å². The van der Waals surface area contributed by atoms with E-state index >= 15 is 0 Å². The number of carbonyl (C=O) groups excluding carboxylic acids is 1. The highest BCUT2D eigenvalue weighted by Crippen LogP contribution is 2.25. The van der Waals surface area contributed by atoms with Gasteiger partial charge in [-0.1, -0.05) is 65.2 Å². The van der Waals surface area contributed by atoms with Gasteiger partial charge < -0.3 is 5.32 Å². The first-order chi connectivity index (χ1) is 14.3. The molecule has 0 saturated heterocycles. The highest BCUT2D eigenvalue weighted by atomic mass is 35.5. The highest BCUT2D eigenvalue weighted by Gasteiger charge is 2.27. The predicted octanol–water partition coefficient (Wildman–Crippen LogP) is 5.13. The van der Waals surface area contributed by atoms with Crippen molar-refractivity contribution in [3.05, 3.63) is 94.0 Å². The molecule has 0 spiro atoms. The number of benzene rings is 3. The van der Waals surface area contributed by atoms with E-state index in [0.717, 1.165) is 9.87 Å². The van der Waals surface area contributed by atoms with Crippen LogP contribution in [0, 0.1) is 6.92 Å². The Morgan fingerprint density at radius 1 is 0.933 bits per heavy atom. The van der Waals surface area contributed by atoms with Gasteiger partial charge >= 0.3 is 0 Å². The maximum absolute atomic E-state index is 13.2. The minimum absolute atomic E-state index is 0.0323. The molecule has 0 atom stereocenters. The van der Waals surface area contributed by atoms with Gasteiger partial charge in [-0.3, -0.25) is 4.79 Å². The number of carbonyl (C=O) groups is 1. The van der Waals surface area contributed by atoms with E-state index in [2.05, 4.69) is 5.32 Å². The van der Waals surface area contributed by atoms with Crippen molar-refractivity contribution in [3.8, 4) is 0 Å². The highest BCUT2D eigenvalue weighted by molar-refractivity contribution is 7.89. The van der Waals surface area contributed by atoms with Gasteiger partial charge in [-0.25, -0.2) is 8.42 Å². The molecule has 30 heavy (non-hydrogen) atoms. The maximum Gasteiger partial charge on any atom is 0.243 e. The normalized spacial score (nSPS) is 11.5. The number of nitrogens with zero attached hydrogens (tertiary/aromatic N) is 1. The number of halogens is 2. The van der Waals surface area contributed by atoms with E-state index < -0.39 is 15.9 Å². The lowest BCUT2D eigenvalue weighted by atomic mass is 10.2. The molecule has 3 aromatic rings. The lowest BCUT2D eigenvalue weighted by Crippen LogP contribution is -2.37. The molecule has 3 rings (SSSR count). The van der Waals surface area contributed by atoms with Crippen molar-refractivity contribution >= 4 is 44.8 Å². The first kappa shape index (κ1) is 22.3. The third-order valence-electron chi connectivity index (χ3n) is 4.38. The number of anilines is 1. The summed E-state index contributed by atoms with van der Waals surface area (Å²) in [4.78, 5) is 12.7. The number of hydrogen-bond donors (Lipinski definition) is 1. The Morgan fingerprint density at radius 3 is 2.23 bits per heavy atom. The summed E-state index contributed by atoms with van der Waals surface area (Å²) in [7, 11) is -3.92. The van der Waals surface area contributed by atoms with Gasteiger partial charge in [0.05, 0.1) is 21.5 Å². The Labute approximate surface area is 186 Å². The molecule has 3 aromatic carbocycles. The Kier molecular flexibility index (Phi) is 7.15. The van der Waals surface area contributed by atoms with E-state index in [0.29, 0.717) is 21.3 Å². The van der Waals surface area contributed by atoms with Gasteiger partial charge in [0, 0.05) is 12.2 Å². The van der Waals surface area contributed by atoms with Crippen LogP contribution in [0.5, 0.6) is 0 Å². The number of hydrogen-bond acceptors (Lipinski definition) is 3. The molecular weight excluding hydrogens is 443 g/mol. The van der Waals surface area contributed by atoms with Gasteiger partial charge in [-0.2, -0.15) is 4.31 Å². The van der Waals surface area contributed by atoms with Crippen LogP contribution in [0.4, 0.5) is 5.69 Å². The summed E-state index contributed by atoms with van der Waals surface area (Å²) in [6.07, 6.45) is 0. The van der Waals surface area contributed by atoms with E-state index in [4.69, 9.17) is 23.2 Å². The Balaban J connectivity index is 1.87. The zero-order valence-electron chi connectivity index (χ0n) is 16.2. The van der Waals surface area contributed by atoms with Crippen LogP contribution in [-0.4, -0.2) is 25.2 Å². The van der Waals surface area contributed by atoms with Crippen molar-refractivity contribution < 1.29 is 13.2 Å². The van der Waals surface area contributed by atoms with Crippen LogP contribution in [0.25, 0.3) is 0 Å². The molecule has 0 fully saturated rings. The van der Waals surface area contributed by atoms with Gasteiger partial charge in [-0.15, -0.1) is 0 Å². The summed E-state index contributed by atoms with van der Waals surface area (Å²) in [5, 5.41) is 3.42. The van der Waals surface area contributed by atoms with Crippen molar-refractivity contribution in [2.75, 3.05) is 11.9 Å². The smallest absolute Gasteiger partial charge is 0.243 e. The molecule has 0 radical (unpaired) electrons. The molecule has 1 N–H and O–H groups in total. The van der Waals surface area contributed by atoms with Gasteiger partial charge in [-0.05, 0) is 48.9 Å². The molecule has 0 heterocycles. The number of sulfonamides is 1. The van der Waals surface area contributed by atoms with Gasteiger partial charge in [0.15, 0.2) is 0 Å². The second kappa shape index (κ2) is 9.62. The molecule has 0 saturated carbocycles. The van der Waals surface area contributed by atoms with E-state index in [9.17, 15) is 13.2 Å². The molecule has 0 aliphatic rings. The van der Waals surface area contributed by atoms with Crippen molar-refractivity contribution in [1.82, 2.24) is 4.31 Å². The average Bonchev–Trinajstić information content (AvgIpc) is 2.72. The lowest BCUT2D eigenvalue weighted by molar-refractivity contribution is -0.116. The topological polar surface area (TPSA) is 66.5 Å². The van der Waals surface area contributed by atoms with Crippen LogP contribution in [0.15, 0.2) is 77.7 Å². The first-order valence-electron chi connectivity index (χ1n) is 9.11.